The van der Waals surface area contributed by atoms with E-state index in [1.807, 2.05) is 12.3 Å². The minimum Gasteiger partial charge on any atom is -0.237 e. The summed E-state index contributed by atoms with van der Waals surface area (Å²) in [6.45, 7) is 6.09. The Kier molecular flexibility index (Phi) is 3.81. The lowest BCUT2D eigenvalue weighted by Crippen LogP contribution is -2.09. The van der Waals surface area contributed by atoms with Crippen LogP contribution in [0.2, 0.25) is 0 Å². The molecule has 24 heavy (non-hydrogen) atoms. The summed E-state index contributed by atoms with van der Waals surface area (Å²) in [4.78, 5) is 0. The fraction of sp³-hybridized carbons (Fsp3) is 0.227. The lowest BCUT2D eigenvalue weighted by Gasteiger charge is -2.18. The molecule has 1 aliphatic rings. The molecular formula is C22H22N2. The third-order valence-corrected chi connectivity index (χ3v) is 4.87. The summed E-state index contributed by atoms with van der Waals surface area (Å²) in [5.74, 6) is 0. The van der Waals surface area contributed by atoms with Crippen LogP contribution in [0, 0.1) is 0 Å². The van der Waals surface area contributed by atoms with Crippen LogP contribution >= 0.6 is 0 Å². The number of aromatic nitrogens is 2. The molecule has 120 valence electrons. The average molecular weight is 314 g/mol. The van der Waals surface area contributed by atoms with Crippen molar-refractivity contribution in [3.63, 3.8) is 0 Å². The maximum Gasteiger partial charge on any atom is 0.0649 e. The number of aryl methyl sites for hydroxylation is 2. The van der Waals surface area contributed by atoms with Crippen LogP contribution < -0.4 is 0 Å². The smallest absolute Gasteiger partial charge is 0.0649 e. The summed E-state index contributed by atoms with van der Waals surface area (Å²) >= 11 is 0. The van der Waals surface area contributed by atoms with Gasteiger partial charge in [-0.15, -0.1) is 0 Å². The van der Waals surface area contributed by atoms with Crippen LogP contribution in [0.4, 0.5) is 0 Å². The molecule has 0 amide bonds. The fourth-order valence-corrected chi connectivity index (χ4v) is 3.62. The Morgan fingerprint density at radius 3 is 2.67 bits per heavy atom. The third kappa shape index (κ3) is 2.48. The standard InChI is InChI=1S/C22H22N2/c1-3-5-17-6-10-19(11-7-17)24-22-13-9-18-14-16(4-2)8-12-20(18)21(22)15-23-24/h4,6-8,10-12,14-15H,2-3,5,9,13H2,1H3. The molecule has 0 saturated heterocycles. The summed E-state index contributed by atoms with van der Waals surface area (Å²) < 4.78 is 2.11. The summed E-state index contributed by atoms with van der Waals surface area (Å²) in [7, 11) is 0. The lowest BCUT2D eigenvalue weighted by atomic mass is 9.88. The number of nitrogens with zero attached hydrogens (tertiary/aromatic N) is 2. The molecule has 2 nitrogen and oxygen atoms in total. The highest BCUT2D eigenvalue weighted by molar-refractivity contribution is 5.73. The van der Waals surface area contributed by atoms with E-state index in [0.717, 1.165) is 24.9 Å². The zero-order valence-corrected chi connectivity index (χ0v) is 14.1. The molecule has 0 spiro atoms. The molecule has 1 aliphatic carbocycles. The highest BCUT2D eigenvalue weighted by atomic mass is 15.3. The van der Waals surface area contributed by atoms with E-state index in [4.69, 9.17) is 0 Å². The van der Waals surface area contributed by atoms with Crippen molar-refractivity contribution in [3.8, 4) is 16.8 Å². The van der Waals surface area contributed by atoms with Gasteiger partial charge in [-0.25, -0.2) is 4.68 Å². The van der Waals surface area contributed by atoms with Crippen LogP contribution in [0.5, 0.6) is 0 Å². The molecule has 0 fully saturated rings. The highest BCUT2D eigenvalue weighted by Crippen LogP contribution is 2.35. The second kappa shape index (κ2) is 6.12. The van der Waals surface area contributed by atoms with Crippen molar-refractivity contribution < 1.29 is 0 Å². The number of hydrogen-bond donors (Lipinski definition) is 0. The second-order valence-electron chi connectivity index (χ2n) is 6.45. The van der Waals surface area contributed by atoms with Gasteiger partial charge >= 0.3 is 0 Å². The quantitative estimate of drug-likeness (QED) is 0.644. The Balaban J connectivity index is 1.74. The van der Waals surface area contributed by atoms with Gasteiger partial charge in [0, 0.05) is 5.56 Å². The van der Waals surface area contributed by atoms with E-state index in [2.05, 4.69) is 65.7 Å². The average Bonchev–Trinajstić information content (AvgIpc) is 3.06. The number of fused-ring (bicyclic) bond motifs is 3. The Morgan fingerprint density at radius 1 is 1.08 bits per heavy atom. The molecule has 1 aromatic heterocycles. The molecular weight excluding hydrogens is 292 g/mol. The zero-order valence-electron chi connectivity index (χ0n) is 14.1. The maximum atomic E-state index is 4.68. The van der Waals surface area contributed by atoms with Gasteiger partial charge in [-0.2, -0.15) is 5.10 Å². The lowest BCUT2D eigenvalue weighted by molar-refractivity contribution is 0.780. The van der Waals surface area contributed by atoms with Gasteiger partial charge < -0.3 is 0 Å². The van der Waals surface area contributed by atoms with Gasteiger partial charge in [-0.05, 0) is 53.6 Å². The molecule has 0 radical (unpaired) electrons. The van der Waals surface area contributed by atoms with E-state index in [1.54, 1.807) is 0 Å². The third-order valence-electron chi connectivity index (χ3n) is 4.87. The summed E-state index contributed by atoms with van der Waals surface area (Å²) in [6, 6.07) is 15.4. The van der Waals surface area contributed by atoms with Crippen molar-refractivity contribution in [1.82, 2.24) is 9.78 Å². The number of rotatable bonds is 4. The monoisotopic (exact) mass is 314 g/mol. The van der Waals surface area contributed by atoms with Crippen LogP contribution in [-0.2, 0) is 19.3 Å². The highest BCUT2D eigenvalue weighted by Gasteiger charge is 2.21. The fourth-order valence-electron chi connectivity index (χ4n) is 3.62. The van der Waals surface area contributed by atoms with Gasteiger partial charge in [0.25, 0.3) is 0 Å². The van der Waals surface area contributed by atoms with E-state index in [-0.39, 0.29) is 0 Å². The van der Waals surface area contributed by atoms with Crippen molar-refractivity contribution in [2.75, 3.05) is 0 Å². The van der Waals surface area contributed by atoms with Gasteiger partial charge in [0.1, 0.15) is 0 Å². The van der Waals surface area contributed by atoms with Crippen molar-refractivity contribution >= 4 is 6.08 Å². The number of hydrogen-bond acceptors (Lipinski definition) is 1. The molecule has 3 aromatic rings. The Labute approximate surface area is 143 Å². The molecule has 0 unspecified atom stereocenters. The molecule has 0 atom stereocenters. The van der Waals surface area contributed by atoms with Crippen LogP contribution in [0.15, 0.2) is 55.2 Å². The molecule has 2 heteroatoms. The maximum absolute atomic E-state index is 4.68. The van der Waals surface area contributed by atoms with Gasteiger partial charge in [0.15, 0.2) is 0 Å². The van der Waals surface area contributed by atoms with E-state index < -0.39 is 0 Å². The Hall–Kier alpha value is -2.61. The van der Waals surface area contributed by atoms with Crippen molar-refractivity contribution in [2.45, 2.75) is 32.6 Å². The minimum absolute atomic E-state index is 1.03. The molecule has 1 heterocycles. The van der Waals surface area contributed by atoms with Crippen LogP contribution in [0.25, 0.3) is 22.9 Å². The SMILES string of the molecule is C=Cc1ccc2c(c1)CCc1c-2cnn1-c1ccc(CCC)cc1. The van der Waals surface area contributed by atoms with E-state index in [9.17, 15) is 0 Å². The summed E-state index contributed by atoms with van der Waals surface area (Å²) in [6.07, 6.45) is 8.33. The Bertz CT molecular complexity index is 885. The molecule has 2 aromatic carbocycles. The van der Waals surface area contributed by atoms with Crippen LogP contribution in [0.3, 0.4) is 0 Å². The van der Waals surface area contributed by atoms with Crippen molar-refractivity contribution in [1.29, 1.82) is 0 Å². The van der Waals surface area contributed by atoms with Gasteiger partial charge in [-0.3, -0.25) is 0 Å². The van der Waals surface area contributed by atoms with Gasteiger partial charge in [-0.1, -0.05) is 56.3 Å². The van der Waals surface area contributed by atoms with E-state index in [0.29, 0.717) is 0 Å². The van der Waals surface area contributed by atoms with Crippen molar-refractivity contribution in [2.24, 2.45) is 0 Å². The van der Waals surface area contributed by atoms with E-state index >= 15 is 0 Å². The first-order valence-corrected chi connectivity index (χ1v) is 8.72. The number of benzene rings is 2. The predicted molar refractivity (Wildman–Crippen MR) is 100 cm³/mol. The normalized spacial score (nSPS) is 12.5. The predicted octanol–water partition coefficient (Wildman–Crippen LogP) is 5.23. The topological polar surface area (TPSA) is 17.8 Å². The Morgan fingerprint density at radius 2 is 1.92 bits per heavy atom. The zero-order chi connectivity index (χ0) is 16.5. The van der Waals surface area contributed by atoms with Crippen molar-refractivity contribution in [3.05, 3.63) is 77.6 Å². The molecule has 0 aliphatic heterocycles. The van der Waals surface area contributed by atoms with E-state index in [1.165, 1.54) is 39.9 Å². The van der Waals surface area contributed by atoms with Gasteiger partial charge in [0.05, 0.1) is 17.6 Å². The minimum atomic E-state index is 1.03. The van der Waals surface area contributed by atoms with Crippen LogP contribution in [0.1, 0.15) is 35.7 Å². The van der Waals surface area contributed by atoms with Gasteiger partial charge in [0.2, 0.25) is 0 Å². The second-order valence-corrected chi connectivity index (χ2v) is 6.45. The molecule has 0 bridgehead atoms. The molecule has 0 saturated carbocycles. The first-order valence-electron chi connectivity index (χ1n) is 8.72. The first kappa shape index (κ1) is 14.9. The summed E-state index contributed by atoms with van der Waals surface area (Å²) in [5, 5.41) is 4.68. The molecule has 4 rings (SSSR count). The first-order chi connectivity index (χ1) is 11.8. The van der Waals surface area contributed by atoms with Crippen LogP contribution in [-0.4, -0.2) is 9.78 Å². The molecule has 0 N–H and O–H groups in total. The summed E-state index contributed by atoms with van der Waals surface area (Å²) in [5.41, 5.74) is 9.04. The largest absolute Gasteiger partial charge is 0.237 e.